The number of hydrogen-bond donors (Lipinski definition) is 10. The summed E-state index contributed by atoms with van der Waals surface area (Å²) >= 11 is 0. The zero-order valence-corrected chi connectivity index (χ0v) is 14.6. The highest BCUT2D eigenvalue weighted by atomic mass is 35.5. The molecule has 0 bridgehead atoms. The minimum absolute atomic E-state index is 0. The maximum atomic E-state index is 10.2. The first-order chi connectivity index (χ1) is 11.1. The third-order valence-electron chi connectivity index (χ3n) is 2.65. The van der Waals surface area contributed by atoms with Crippen molar-refractivity contribution in [3.05, 3.63) is 0 Å². The molecule has 14 N–H and O–H groups in total. The first-order valence-electron chi connectivity index (χ1n) is 7.20. The van der Waals surface area contributed by atoms with Crippen molar-refractivity contribution >= 4 is 36.3 Å². The van der Waals surface area contributed by atoms with Crippen LogP contribution in [0.25, 0.3) is 0 Å². The fourth-order valence-electron chi connectivity index (χ4n) is 1.34. The Kier molecular flexibility index (Phi) is 18.2. The molecule has 13 heteroatoms. The molecule has 0 aromatic heterocycles. The van der Waals surface area contributed by atoms with Crippen LogP contribution >= 0.6 is 12.4 Å². The van der Waals surface area contributed by atoms with Gasteiger partial charge in [-0.15, -0.1) is 12.4 Å². The van der Waals surface area contributed by atoms with Crippen molar-refractivity contribution in [1.29, 1.82) is 10.8 Å². The second-order valence-electron chi connectivity index (χ2n) is 4.85. The van der Waals surface area contributed by atoms with E-state index in [9.17, 15) is 9.59 Å². The summed E-state index contributed by atoms with van der Waals surface area (Å²) in [6.07, 6.45) is 1.95. The lowest BCUT2D eigenvalue weighted by Crippen LogP contribution is -2.34. The van der Waals surface area contributed by atoms with E-state index in [2.05, 4.69) is 10.6 Å². The van der Waals surface area contributed by atoms with E-state index in [1.54, 1.807) is 0 Å². The number of nitrogens with two attached hydrogens (primary N) is 4. The Bertz CT molecular complexity index is 386. The molecule has 0 aliphatic heterocycles. The lowest BCUT2D eigenvalue weighted by molar-refractivity contribution is -0.139. The largest absolute Gasteiger partial charge is 0.480 e. The van der Waals surface area contributed by atoms with Gasteiger partial charge < -0.3 is 43.8 Å². The fourth-order valence-corrected chi connectivity index (χ4v) is 1.34. The number of nitrogens with one attached hydrogen (secondary N) is 4. The molecular weight excluding hydrogens is 356 g/mol. The Labute approximate surface area is 152 Å². The van der Waals surface area contributed by atoms with E-state index < -0.39 is 24.0 Å². The third kappa shape index (κ3) is 21.7. The first-order valence-corrected chi connectivity index (χ1v) is 7.20. The summed E-state index contributed by atoms with van der Waals surface area (Å²) < 4.78 is 0. The van der Waals surface area contributed by atoms with Gasteiger partial charge in [-0.1, -0.05) is 0 Å². The smallest absolute Gasteiger partial charge is 0.320 e. The van der Waals surface area contributed by atoms with Gasteiger partial charge in [0.2, 0.25) is 0 Å². The zero-order valence-electron chi connectivity index (χ0n) is 13.8. The van der Waals surface area contributed by atoms with Crippen LogP contribution in [0.1, 0.15) is 25.7 Å². The number of guanidine groups is 2. The van der Waals surface area contributed by atoms with E-state index in [1.165, 1.54) is 0 Å². The van der Waals surface area contributed by atoms with Crippen LogP contribution in [0.3, 0.4) is 0 Å². The molecule has 0 saturated carbocycles. The number of rotatable bonds is 10. The van der Waals surface area contributed by atoms with Crippen LogP contribution in [-0.2, 0) is 9.59 Å². The minimum atomic E-state index is -1.00. The molecular formula is C12H29ClN8O4. The molecule has 2 atom stereocenters. The van der Waals surface area contributed by atoms with Crippen LogP contribution < -0.4 is 33.6 Å². The van der Waals surface area contributed by atoms with Crippen molar-refractivity contribution in [2.45, 2.75) is 37.8 Å². The van der Waals surface area contributed by atoms with Gasteiger partial charge >= 0.3 is 11.9 Å². The summed E-state index contributed by atoms with van der Waals surface area (Å²) in [5.41, 5.74) is 20.4. The molecule has 0 heterocycles. The molecule has 0 aromatic rings. The van der Waals surface area contributed by atoms with Gasteiger partial charge in [0.1, 0.15) is 12.1 Å². The lowest BCUT2D eigenvalue weighted by Gasteiger charge is -2.06. The molecule has 0 aliphatic carbocycles. The molecule has 0 aromatic carbocycles. The maximum Gasteiger partial charge on any atom is 0.320 e. The van der Waals surface area contributed by atoms with Crippen LogP contribution in [0.15, 0.2) is 0 Å². The summed E-state index contributed by atoms with van der Waals surface area (Å²) in [5, 5.41) is 35.4. The van der Waals surface area contributed by atoms with Crippen LogP contribution in [0.5, 0.6) is 0 Å². The van der Waals surface area contributed by atoms with Crippen molar-refractivity contribution in [3.8, 4) is 0 Å². The highest BCUT2D eigenvalue weighted by Crippen LogP contribution is 1.93. The van der Waals surface area contributed by atoms with Crippen LogP contribution in [-0.4, -0.2) is 59.2 Å². The number of carboxylic acid groups (broad SMARTS) is 2. The van der Waals surface area contributed by atoms with Gasteiger partial charge in [0.05, 0.1) is 0 Å². The van der Waals surface area contributed by atoms with E-state index in [4.69, 9.17) is 44.0 Å². The van der Waals surface area contributed by atoms with Gasteiger partial charge in [-0.3, -0.25) is 20.4 Å². The zero-order chi connectivity index (χ0) is 19.1. The molecule has 0 amide bonds. The highest BCUT2D eigenvalue weighted by molar-refractivity contribution is 5.85. The summed E-state index contributed by atoms with van der Waals surface area (Å²) in [4.78, 5) is 20.4. The van der Waals surface area contributed by atoms with Crippen molar-refractivity contribution in [1.82, 2.24) is 10.6 Å². The Morgan fingerprint density at radius 3 is 1.32 bits per heavy atom. The molecule has 148 valence electrons. The van der Waals surface area contributed by atoms with Gasteiger partial charge in [0, 0.05) is 13.1 Å². The maximum absolute atomic E-state index is 10.2. The van der Waals surface area contributed by atoms with Crippen LogP contribution in [0.4, 0.5) is 0 Å². The predicted molar refractivity (Wildman–Crippen MR) is 96.8 cm³/mol. The average molecular weight is 385 g/mol. The Hall–Kier alpha value is -2.31. The second-order valence-corrected chi connectivity index (χ2v) is 4.85. The van der Waals surface area contributed by atoms with E-state index in [0.29, 0.717) is 38.8 Å². The monoisotopic (exact) mass is 384 g/mol. The van der Waals surface area contributed by atoms with Crippen LogP contribution in [0.2, 0.25) is 0 Å². The number of carbonyl (C=O) groups is 2. The molecule has 0 saturated heterocycles. The molecule has 0 radical (unpaired) electrons. The topological polar surface area (TPSA) is 250 Å². The SMILES string of the molecule is Cl.N=C(N)NCCC[C@H](N)C(=O)O.N=C(N)NCCC[C@H](N)C(=O)O. The van der Waals surface area contributed by atoms with E-state index >= 15 is 0 Å². The normalized spacial score (nSPS) is 11.6. The van der Waals surface area contributed by atoms with Crippen molar-refractivity contribution in [3.63, 3.8) is 0 Å². The van der Waals surface area contributed by atoms with E-state index in [-0.39, 0.29) is 24.3 Å². The van der Waals surface area contributed by atoms with Gasteiger partial charge in [-0.2, -0.15) is 0 Å². The first kappa shape index (κ1) is 27.5. The average Bonchev–Trinajstić information content (AvgIpc) is 2.47. The summed E-state index contributed by atoms with van der Waals surface area (Å²) in [7, 11) is 0. The number of carboxylic acids is 2. The molecule has 0 spiro atoms. The molecule has 25 heavy (non-hydrogen) atoms. The van der Waals surface area contributed by atoms with E-state index in [1.807, 2.05) is 0 Å². The number of halogens is 1. The summed E-state index contributed by atoms with van der Waals surface area (Å²) in [6, 6.07) is -1.64. The fraction of sp³-hybridized carbons (Fsp3) is 0.667. The third-order valence-corrected chi connectivity index (χ3v) is 2.65. The van der Waals surface area contributed by atoms with Gasteiger partial charge in [-0.25, -0.2) is 0 Å². The summed E-state index contributed by atoms with van der Waals surface area (Å²) in [6.45, 7) is 0.965. The lowest BCUT2D eigenvalue weighted by atomic mass is 10.2. The van der Waals surface area contributed by atoms with Crippen molar-refractivity contribution < 1.29 is 19.8 Å². The van der Waals surface area contributed by atoms with Gasteiger partial charge in [0.15, 0.2) is 11.9 Å². The molecule has 0 fully saturated rings. The second kappa shape index (κ2) is 16.5. The van der Waals surface area contributed by atoms with Crippen LogP contribution in [0, 0.1) is 10.8 Å². The molecule has 0 aliphatic rings. The van der Waals surface area contributed by atoms with Gasteiger partial charge in [-0.05, 0) is 25.7 Å². The highest BCUT2D eigenvalue weighted by Gasteiger charge is 2.10. The number of aliphatic carboxylic acids is 2. The number of hydrogen-bond acceptors (Lipinski definition) is 6. The Morgan fingerprint density at radius 2 is 1.12 bits per heavy atom. The van der Waals surface area contributed by atoms with Crippen molar-refractivity contribution in [2.24, 2.45) is 22.9 Å². The summed E-state index contributed by atoms with van der Waals surface area (Å²) in [5.74, 6) is -2.23. The van der Waals surface area contributed by atoms with Crippen molar-refractivity contribution in [2.75, 3.05) is 13.1 Å². The molecule has 0 unspecified atom stereocenters. The molecule has 0 rings (SSSR count). The molecule has 12 nitrogen and oxygen atoms in total. The standard InChI is InChI=1S/2C6H14N4O2.ClH/c2*7-4(5(11)12)2-1-3-10-6(8)9;/h2*4H,1-3,7H2,(H,11,12)(H4,8,9,10);1H/t2*4-;/m00./s1. The Morgan fingerprint density at radius 1 is 0.840 bits per heavy atom. The Balaban J connectivity index is -0.000000372. The minimum Gasteiger partial charge on any atom is -0.480 e. The quantitative estimate of drug-likeness (QED) is 0.110. The van der Waals surface area contributed by atoms with E-state index in [0.717, 1.165) is 0 Å². The predicted octanol–water partition coefficient (Wildman–Crippen LogP) is -2.26. The van der Waals surface area contributed by atoms with Gasteiger partial charge in [0.25, 0.3) is 0 Å².